The monoisotopic (exact) mass is 391 g/mol. The molecule has 0 fully saturated rings. The Labute approximate surface area is 160 Å². The third-order valence-corrected chi connectivity index (χ3v) is 4.35. The summed E-state index contributed by atoms with van der Waals surface area (Å²) in [7, 11) is -3.61. The molecule has 0 aliphatic heterocycles. The van der Waals surface area contributed by atoms with Crippen molar-refractivity contribution in [3.05, 3.63) is 65.7 Å². The second kappa shape index (κ2) is 10.1. The Morgan fingerprint density at radius 3 is 2.52 bits per heavy atom. The Balaban J connectivity index is 2.11. The number of rotatable bonds is 10. The van der Waals surface area contributed by atoms with E-state index >= 15 is 0 Å². The lowest BCUT2D eigenvalue weighted by Gasteiger charge is -2.18. The van der Waals surface area contributed by atoms with Crippen molar-refractivity contribution in [3.8, 4) is 5.75 Å². The summed E-state index contributed by atoms with van der Waals surface area (Å²) in [5, 5.41) is 3.35. The number of ether oxygens (including phenoxy) is 1. The van der Waals surface area contributed by atoms with Gasteiger partial charge in [0.25, 0.3) is 0 Å². The van der Waals surface area contributed by atoms with Gasteiger partial charge in [-0.25, -0.2) is 0 Å². The zero-order valence-electron chi connectivity index (χ0n) is 15.6. The molecule has 1 unspecified atom stereocenters. The van der Waals surface area contributed by atoms with Gasteiger partial charge in [0.15, 0.2) is 0 Å². The van der Waals surface area contributed by atoms with E-state index in [1.54, 1.807) is 25.1 Å². The number of nitrogens with one attached hydrogen (secondary N) is 1. The van der Waals surface area contributed by atoms with Crippen molar-refractivity contribution in [2.45, 2.75) is 25.8 Å². The van der Waals surface area contributed by atoms with Gasteiger partial charge < -0.3 is 14.2 Å². The van der Waals surface area contributed by atoms with Crippen LogP contribution in [0.25, 0.3) is 0 Å². The van der Waals surface area contributed by atoms with Gasteiger partial charge in [-0.15, -0.1) is 0 Å². The molecule has 1 N–H and O–H groups in total. The minimum absolute atomic E-state index is 0.170. The number of benzene rings is 2. The fraction of sp³-hybridized carbons (Fsp3) is 0.350. The standard InChI is InChI=1S/C20H25NO5S/c1-3-25-20(22)13-18(15-21-14-16-8-5-4-6-9-16)17-10-7-11-19(12-17)26-27(2,23)24/h4-12,18,21H,3,13-15H2,1-2H3. The Morgan fingerprint density at radius 2 is 1.85 bits per heavy atom. The maximum Gasteiger partial charge on any atom is 0.306 e. The molecule has 6 nitrogen and oxygen atoms in total. The Bertz CT molecular complexity index is 836. The summed E-state index contributed by atoms with van der Waals surface area (Å²) >= 11 is 0. The van der Waals surface area contributed by atoms with Crippen molar-refractivity contribution in [1.29, 1.82) is 0 Å². The van der Waals surface area contributed by atoms with E-state index in [4.69, 9.17) is 8.92 Å². The number of hydrogen-bond acceptors (Lipinski definition) is 6. The van der Waals surface area contributed by atoms with Crippen molar-refractivity contribution >= 4 is 16.1 Å². The molecule has 2 aromatic carbocycles. The quantitative estimate of drug-likeness (QED) is 0.495. The molecular formula is C20H25NO5S. The second-order valence-corrected chi connectivity index (χ2v) is 7.76. The van der Waals surface area contributed by atoms with Crippen molar-refractivity contribution in [2.75, 3.05) is 19.4 Å². The van der Waals surface area contributed by atoms with Gasteiger partial charge in [-0.05, 0) is 30.2 Å². The molecule has 1 atom stereocenters. The van der Waals surface area contributed by atoms with Crippen molar-refractivity contribution in [1.82, 2.24) is 5.32 Å². The maximum absolute atomic E-state index is 12.0. The molecule has 0 aromatic heterocycles. The molecule has 27 heavy (non-hydrogen) atoms. The van der Waals surface area contributed by atoms with Crippen LogP contribution >= 0.6 is 0 Å². The van der Waals surface area contributed by atoms with Crippen molar-refractivity contribution in [3.63, 3.8) is 0 Å². The van der Waals surface area contributed by atoms with Crippen LogP contribution in [0.5, 0.6) is 5.75 Å². The lowest BCUT2D eigenvalue weighted by atomic mass is 9.95. The first-order valence-corrected chi connectivity index (χ1v) is 10.6. The van der Waals surface area contributed by atoms with E-state index in [2.05, 4.69) is 5.32 Å². The second-order valence-electron chi connectivity index (χ2n) is 6.18. The zero-order valence-corrected chi connectivity index (χ0v) is 16.4. The Hall–Kier alpha value is -2.38. The lowest BCUT2D eigenvalue weighted by Crippen LogP contribution is -2.24. The normalized spacial score (nSPS) is 12.4. The van der Waals surface area contributed by atoms with Crippen LogP contribution in [-0.2, 0) is 26.2 Å². The Kier molecular flexibility index (Phi) is 7.82. The van der Waals surface area contributed by atoms with Crippen LogP contribution in [0.2, 0.25) is 0 Å². The number of esters is 1. The van der Waals surface area contributed by atoms with E-state index in [0.29, 0.717) is 19.7 Å². The summed E-state index contributed by atoms with van der Waals surface area (Å²) in [6.07, 6.45) is 1.19. The predicted molar refractivity (Wildman–Crippen MR) is 104 cm³/mol. The summed E-state index contributed by atoms with van der Waals surface area (Å²) in [6.45, 7) is 3.29. The van der Waals surface area contributed by atoms with Gasteiger partial charge in [0.1, 0.15) is 5.75 Å². The minimum atomic E-state index is -3.61. The molecule has 0 aliphatic carbocycles. The first-order valence-electron chi connectivity index (χ1n) is 8.77. The van der Waals surface area contributed by atoms with E-state index < -0.39 is 10.1 Å². The van der Waals surface area contributed by atoms with Crippen LogP contribution in [-0.4, -0.2) is 33.8 Å². The van der Waals surface area contributed by atoms with E-state index in [0.717, 1.165) is 17.4 Å². The summed E-state index contributed by atoms with van der Waals surface area (Å²) in [6, 6.07) is 16.7. The number of carbonyl (C=O) groups excluding carboxylic acids is 1. The van der Waals surface area contributed by atoms with Gasteiger partial charge in [-0.2, -0.15) is 8.42 Å². The van der Waals surface area contributed by atoms with Crippen LogP contribution in [0.4, 0.5) is 0 Å². The highest BCUT2D eigenvalue weighted by Gasteiger charge is 2.18. The predicted octanol–water partition coefficient (Wildman–Crippen LogP) is 2.85. The highest BCUT2D eigenvalue weighted by molar-refractivity contribution is 7.86. The average molecular weight is 391 g/mol. The molecule has 0 saturated carbocycles. The topological polar surface area (TPSA) is 81.7 Å². The molecule has 0 radical (unpaired) electrons. The average Bonchev–Trinajstić information content (AvgIpc) is 2.61. The lowest BCUT2D eigenvalue weighted by molar-refractivity contribution is -0.143. The molecule has 0 amide bonds. The molecule has 7 heteroatoms. The van der Waals surface area contributed by atoms with Crippen LogP contribution in [0.1, 0.15) is 30.4 Å². The summed E-state index contributed by atoms with van der Waals surface area (Å²) in [4.78, 5) is 12.0. The molecular weight excluding hydrogens is 366 g/mol. The fourth-order valence-electron chi connectivity index (χ4n) is 2.71. The van der Waals surface area contributed by atoms with Crippen molar-refractivity contribution < 1.29 is 22.1 Å². The van der Waals surface area contributed by atoms with Gasteiger partial charge in [0.05, 0.1) is 19.3 Å². The highest BCUT2D eigenvalue weighted by Crippen LogP contribution is 2.24. The molecule has 0 aliphatic rings. The summed E-state index contributed by atoms with van der Waals surface area (Å²) < 4.78 is 32.8. The third-order valence-electron chi connectivity index (χ3n) is 3.86. The molecule has 146 valence electrons. The third kappa shape index (κ3) is 7.80. The van der Waals surface area contributed by atoms with Crippen LogP contribution < -0.4 is 9.50 Å². The van der Waals surface area contributed by atoms with E-state index in [-0.39, 0.29) is 24.1 Å². The van der Waals surface area contributed by atoms with Gasteiger partial charge in [-0.1, -0.05) is 42.5 Å². The van der Waals surface area contributed by atoms with Gasteiger partial charge in [-0.3, -0.25) is 4.79 Å². The maximum atomic E-state index is 12.0. The van der Waals surface area contributed by atoms with Crippen LogP contribution in [0.3, 0.4) is 0 Å². The van der Waals surface area contributed by atoms with E-state index in [1.807, 2.05) is 36.4 Å². The molecule has 0 saturated heterocycles. The number of hydrogen-bond donors (Lipinski definition) is 1. The molecule has 2 rings (SSSR count). The van der Waals surface area contributed by atoms with Crippen LogP contribution in [0.15, 0.2) is 54.6 Å². The van der Waals surface area contributed by atoms with E-state index in [1.165, 1.54) is 0 Å². The first-order chi connectivity index (χ1) is 12.9. The minimum Gasteiger partial charge on any atom is -0.466 e. The first kappa shape index (κ1) is 20.9. The van der Waals surface area contributed by atoms with Gasteiger partial charge in [0, 0.05) is 19.0 Å². The molecule has 0 spiro atoms. The summed E-state index contributed by atoms with van der Waals surface area (Å²) in [5.41, 5.74) is 1.95. The molecule has 2 aromatic rings. The smallest absolute Gasteiger partial charge is 0.306 e. The fourth-order valence-corrected chi connectivity index (χ4v) is 3.16. The van der Waals surface area contributed by atoms with Crippen LogP contribution in [0, 0.1) is 0 Å². The Morgan fingerprint density at radius 1 is 1.11 bits per heavy atom. The molecule has 0 heterocycles. The van der Waals surface area contributed by atoms with Crippen molar-refractivity contribution in [2.24, 2.45) is 0 Å². The zero-order chi connectivity index (χ0) is 19.7. The highest BCUT2D eigenvalue weighted by atomic mass is 32.2. The van der Waals surface area contributed by atoms with E-state index in [9.17, 15) is 13.2 Å². The van der Waals surface area contributed by atoms with Gasteiger partial charge >= 0.3 is 16.1 Å². The summed E-state index contributed by atoms with van der Waals surface area (Å²) in [5.74, 6) is -0.235. The van der Waals surface area contributed by atoms with Gasteiger partial charge in [0.2, 0.25) is 0 Å². The molecule has 0 bridgehead atoms. The SMILES string of the molecule is CCOC(=O)CC(CNCc1ccccc1)c1cccc(OS(C)(=O)=O)c1. The largest absolute Gasteiger partial charge is 0.466 e. The number of carbonyl (C=O) groups is 1.